The van der Waals surface area contributed by atoms with Gasteiger partial charge in [0.15, 0.2) is 0 Å². The summed E-state index contributed by atoms with van der Waals surface area (Å²) in [5, 5.41) is 10.3. The van der Waals surface area contributed by atoms with Crippen LogP contribution in [0.25, 0.3) is 0 Å². The van der Waals surface area contributed by atoms with Crippen molar-refractivity contribution in [1.82, 2.24) is 5.32 Å². The maximum Gasteiger partial charge on any atom is 0.490 e. The number of alkyl halides is 3. The van der Waals surface area contributed by atoms with E-state index in [1.165, 1.54) is 13.8 Å². The average molecular weight is 259 g/mol. The van der Waals surface area contributed by atoms with Crippen LogP contribution in [0.4, 0.5) is 13.2 Å². The summed E-state index contributed by atoms with van der Waals surface area (Å²) in [5.41, 5.74) is 0. The second-order valence-corrected chi connectivity index (χ2v) is 3.07. The van der Waals surface area contributed by atoms with Gasteiger partial charge in [-0.2, -0.15) is 13.2 Å². The standard InChI is InChI=1S/C4H9NO.C3H6O.C2HF3O2/c1-3-6-4-2-5-1;1-3(2)4;3-2(4,5)1(6)7/h5H,1-4H2;1-2H3;(H,6,7). The lowest BCUT2D eigenvalue weighted by molar-refractivity contribution is -0.192. The van der Waals surface area contributed by atoms with E-state index in [-0.39, 0.29) is 5.78 Å². The van der Waals surface area contributed by atoms with E-state index in [4.69, 9.17) is 14.6 Å². The number of carbonyl (C=O) groups is 2. The lowest BCUT2D eigenvalue weighted by atomic mass is 10.5. The molecule has 0 unspecified atom stereocenters. The number of rotatable bonds is 0. The molecule has 8 heteroatoms. The third kappa shape index (κ3) is 20.8. The zero-order chi connectivity index (χ0) is 13.9. The van der Waals surface area contributed by atoms with Gasteiger partial charge in [-0.1, -0.05) is 0 Å². The number of hydrogen-bond acceptors (Lipinski definition) is 4. The highest BCUT2D eigenvalue weighted by Crippen LogP contribution is 2.13. The highest BCUT2D eigenvalue weighted by atomic mass is 19.4. The van der Waals surface area contributed by atoms with E-state index in [9.17, 15) is 18.0 Å². The van der Waals surface area contributed by atoms with E-state index in [0.29, 0.717) is 0 Å². The molecule has 1 heterocycles. The summed E-state index contributed by atoms with van der Waals surface area (Å²) in [5.74, 6) is -2.59. The number of aliphatic carboxylic acids is 1. The first-order valence-corrected chi connectivity index (χ1v) is 4.73. The van der Waals surface area contributed by atoms with Crippen LogP contribution in [-0.4, -0.2) is 49.3 Å². The van der Waals surface area contributed by atoms with Gasteiger partial charge in [0.05, 0.1) is 13.2 Å². The summed E-state index contributed by atoms with van der Waals surface area (Å²) >= 11 is 0. The first-order valence-electron chi connectivity index (χ1n) is 4.73. The largest absolute Gasteiger partial charge is 0.490 e. The number of ketones is 1. The molecule has 0 radical (unpaired) electrons. The molecule has 17 heavy (non-hydrogen) atoms. The Bertz CT molecular complexity index is 211. The molecule has 0 saturated carbocycles. The first kappa shape index (κ1) is 18.2. The van der Waals surface area contributed by atoms with Crippen molar-refractivity contribution in [2.24, 2.45) is 0 Å². The van der Waals surface area contributed by atoms with E-state index in [2.05, 4.69) is 5.32 Å². The second-order valence-electron chi connectivity index (χ2n) is 3.07. The fraction of sp³-hybridized carbons (Fsp3) is 0.778. The van der Waals surface area contributed by atoms with Gasteiger partial charge in [-0.3, -0.25) is 0 Å². The molecular weight excluding hydrogens is 243 g/mol. The second kappa shape index (κ2) is 10.0. The van der Waals surface area contributed by atoms with Gasteiger partial charge < -0.3 is 20.0 Å². The maximum atomic E-state index is 10.6. The molecule has 5 nitrogen and oxygen atoms in total. The predicted molar refractivity (Wildman–Crippen MR) is 53.7 cm³/mol. The van der Waals surface area contributed by atoms with Crippen molar-refractivity contribution in [3.8, 4) is 0 Å². The van der Waals surface area contributed by atoms with Crippen molar-refractivity contribution in [1.29, 1.82) is 0 Å². The number of carboxylic acid groups (broad SMARTS) is 1. The van der Waals surface area contributed by atoms with Crippen LogP contribution < -0.4 is 5.32 Å². The fourth-order valence-electron chi connectivity index (χ4n) is 0.516. The Morgan fingerprint density at radius 3 is 1.53 bits per heavy atom. The molecule has 0 aromatic rings. The Morgan fingerprint density at radius 2 is 1.47 bits per heavy atom. The topological polar surface area (TPSA) is 75.6 Å². The fourth-order valence-corrected chi connectivity index (χ4v) is 0.516. The van der Waals surface area contributed by atoms with Crippen LogP contribution in [0.15, 0.2) is 0 Å². The third-order valence-corrected chi connectivity index (χ3v) is 1.09. The van der Waals surface area contributed by atoms with Crippen LogP contribution in [0.2, 0.25) is 0 Å². The lowest BCUT2D eigenvalue weighted by Crippen LogP contribution is -2.30. The van der Waals surface area contributed by atoms with E-state index in [0.717, 1.165) is 26.3 Å². The van der Waals surface area contributed by atoms with Gasteiger partial charge in [-0.15, -0.1) is 0 Å². The Balaban J connectivity index is 0. The van der Waals surface area contributed by atoms with Crippen molar-refractivity contribution in [2.45, 2.75) is 20.0 Å². The van der Waals surface area contributed by atoms with Crippen LogP contribution in [0, 0.1) is 0 Å². The highest BCUT2D eigenvalue weighted by Gasteiger charge is 2.38. The summed E-state index contributed by atoms with van der Waals surface area (Å²) in [6.07, 6.45) is -5.08. The van der Waals surface area contributed by atoms with Gasteiger partial charge in [-0.05, 0) is 13.8 Å². The summed E-state index contributed by atoms with van der Waals surface area (Å²) in [4.78, 5) is 18.3. The number of carboxylic acids is 1. The molecule has 1 aliphatic heterocycles. The monoisotopic (exact) mass is 259 g/mol. The zero-order valence-corrected chi connectivity index (χ0v) is 9.63. The summed E-state index contributed by atoms with van der Waals surface area (Å²) in [6.45, 7) is 6.89. The molecule has 0 bridgehead atoms. The molecule has 1 fully saturated rings. The van der Waals surface area contributed by atoms with Crippen molar-refractivity contribution in [3.63, 3.8) is 0 Å². The third-order valence-electron chi connectivity index (χ3n) is 1.09. The minimum atomic E-state index is -5.08. The minimum absolute atomic E-state index is 0.167. The zero-order valence-electron chi connectivity index (χ0n) is 9.63. The number of carbonyl (C=O) groups excluding carboxylic acids is 1. The number of hydrogen-bond donors (Lipinski definition) is 2. The number of nitrogens with one attached hydrogen (secondary N) is 1. The molecule has 102 valence electrons. The van der Waals surface area contributed by atoms with Crippen LogP contribution >= 0.6 is 0 Å². The van der Waals surface area contributed by atoms with E-state index in [1.807, 2.05) is 0 Å². The predicted octanol–water partition coefficient (Wildman–Crippen LogP) is 0.835. The van der Waals surface area contributed by atoms with Crippen molar-refractivity contribution in [3.05, 3.63) is 0 Å². The summed E-state index contributed by atoms with van der Waals surface area (Å²) < 4.78 is 36.7. The van der Waals surface area contributed by atoms with Crippen molar-refractivity contribution >= 4 is 11.8 Å². The number of Topliss-reactive ketones (excluding diaryl/α,β-unsaturated/α-hetero) is 1. The Kier molecular flexibility index (Phi) is 10.8. The molecule has 0 aromatic carbocycles. The Labute approximate surface area is 96.9 Å². The van der Waals surface area contributed by atoms with Crippen molar-refractivity contribution < 1.29 is 32.6 Å². The van der Waals surface area contributed by atoms with E-state index in [1.54, 1.807) is 0 Å². The molecule has 1 rings (SSSR count). The van der Waals surface area contributed by atoms with Crippen LogP contribution in [0.3, 0.4) is 0 Å². The van der Waals surface area contributed by atoms with Crippen LogP contribution in [-0.2, 0) is 14.3 Å². The van der Waals surface area contributed by atoms with Crippen molar-refractivity contribution in [2.75, 3.05) is 26.3 Å². The summed E-state index contributed by atoms with van der Waals surface area (Å²) in [7, 11) is 0. The molecular formula is C9H16F3NO4. The van der Waals surface area contributed by atoms with E-state index >= 15 is 0 Å². The van der Waals surface area contributed by atoms with Gasteiger partial charge in [0, 0.05) is 13.1 Å². The van der Waals surface area contributed by atoms with Crippen LogP contribution in [0.5, 0.6) is 0 Å². The van der Waals surface area contributed by atoms with E-state index < -0.39 is 12.1 Å². The molecule has 0 amide bonds. The average Bonchev–Trinajstić information content (AvgIpc) is 2.19. The summed E-state index contributed by atoms with van der Waals surface area (Å²) in [6, 6.07) is 0. The molecule has 0 aliphatic carbocycles. The number of morpholine rings is 1. The molecule has 2 N–H and O–H groups in total. The molecule has 0 spiro atoms. The lowest BCUT2D eigenvalue weighted by Gasteiger charge is -2.10. The molecule has 0 aromatic heterocycles. The highest BCUT2D eigenvalue weighted by molar-refractivity contribution is 5.73. The molecule has 1 saturated heterocycles. The Morgan fingerprint density at radius 1 is 1.18 bits per heavy atom. The SMILES string of the molecule is C1COCCN1.CC(C)=O.O=C(O)C(F)(F)F. The van der Waals surface area contributed by atoms with Gasteiger partial charge in [0.1, 0.15) is 5.78 Å². The minimum Gasteiger partial charge on any atom is -0.475 e. The van der Waals surface area contributed by atoms with Crippen LogP contribution in [0.1, 0.15) is 13.8 Å². The van der Waals surface area contributed by atoms with Gasteiger partial charge >= 0.3 is 12.1 Å². The first-order chi connectivity index (χ1) is 7.68. The number of ether oxygens (including phenoxy) is 1. The quantitative estimate of drug-likeness (QED) is 0.674. The van der Waals surface area contributed by atoms with Gasteiger partial charge in [0.25, 0.3) is 0 Å². The number of halogens is 3. The van der Waals surface area contributed by atoms with Gasteiger partial charge in [0.2, 0.25) is 0 Å². The smallest absolute Gasteiger partial charge is 0.475 e. The maximum absolute atomic E-state index is 10.6. The molecule has 0 atom stereocenters. The normalized spacial score (nSPS) is 14.6. The van der Waals surface area contributed by atoms with Gasteiger partial charge in [-0.25, -0.2) is 4.79 Å². The molecule has 1 aliphatic rings. The Hall–Kier alpha value is -1.15.